The topological polar surface area (TPSA) is 108 Å². The molecule has 0 spiro atoms. The molecule has 1 aliphatic rings. The molecule has 130 valence electrons. The molecular weight excluding hydrogens is 308 g/mol. The number of aryl methyl sites for hydroxylation is 1. The zero-order valence-corrected chi connectivity index (χ0v) is 14.6. The van der Waals surface area contributed by atoms with E-state index in [1.807, 2.05) is 20.2 Å². The zero-order valence-electron chi connectivity index (χ0n) is 14.6. The minimum atomic E-state index is -0.526. The van der Waals surface area contributed by atoms with Crippen LogP contribution in [0.4, 0.5) is 5.95 Å². The molecule has 0 saturated carbocycles. The van der Waals surface area contributed by atoms with Gasteiger partial charge in [-0.1, -0.05) is 19.1 Å². The quantitative estimate of drug-likeness (QED) is 0.851. The highest BCUT2D eigenvalue weighted by atomic mass is 16.1. The molecule has 0 bridgehead atoms. The molecule has 1 fully saturated rings. The summed E-state index contributed by atoms with van der Waals surface area (Å²) in [6, 6.07) is 0. The van der Waals surface area contributed by atoms with E-state index in [1.54, 1.807) is 4.68 Å². The maximum Gasteiger partial charge on any atom is 0.227 e. The number of carbonyl (C=O) groups is 1. The van der Waals surface area contributed by atoms with Crippen LogP contribution in [0.25, 0.3) is 11.5 Å². The number of carbonyl (C=O) groups excluding carboxylic acids is 1. The Bertz CT molecular complexity index is 748. The Labute approximate surface area is 140 Å². The predicted octanol–water partition coefficient (Wildman–Crippen LogP) is 0.431. The van der Waals surface area contributed by atoms with Crippen LogP contribution in [0.2, 0.25) is 0 Å². The molecule has 1 aliphatic heterocycles. The third-order valence-corrected chi connectivity index (χ3v) is 4.46. The molecule has 0 aliphatic carbocycles. The summed E-state index contributed by atoms with van der Waals surface area (Å²) >= 11 is 0. The summed E-state index contributed by atoms with van der Waals surface area (Å²) in [5.41, 5.74) is 5.72. The summed E-state index contributed by atoms with van der Waals surface area (Å²) in [7, 11) is 1.82. The van der Waals surface area contributed by atoms with Crippen LogP contribution in [-0.4, -0.2) is 48.8 Å². The number of anilines is 1. The van der Waals surface area contributed by atoms with Crippen molar-refractivity contribution in [2.24, 2.45) is 24.1 Å². The number of rotatable bonds is 5. The Balaban J connectivity index is 1.97. The normalized spacial score (nSPS) is 21.0. The van der Waals surface area contributed by atoms with Gasteiger partial charge >= 0.3 is 0 Å². The number of primary amides is 1. The maximum absolute atomic E-state index is 11.7. The van der Waals surface area contributed by atoms with E-state index in [0.29, 0.717) is 24.0 Å². The molecule has 1 unspecified atom stereocenters. The molecule has 2 aromatic heterocycles. The molecular formula is C15H24N8O. The number of aromatic nitrogens is 6. The van der Waals surface area contributed by atoms with Crippen LogP contribution in [0.3, 0.4) is 0 Å². The van der Waals surface area contributed by atoms with Crippen molar-refractivity contribution in [1.29, 1.82) is 0 Å². The summed E-state index contributed by atoms with van der Waals surface area (Å²) in [5.74, 6) is 1.60. The van der Waals surface area contributed by atoms with Crippen LogP contribution >= 0.6 is 0 Å². The van der Waals surface area contributed by atoms with E-state index in [2.05, 4.69) is 43.8 Å². The lowest BCUT2D eigenvalue weighted by Crippen LogP contribution is -2.37. The average molecular weight is 332 g/mol. The van der Waals surface area contributed by atoms with E-state index in [4.69, 9.17) is 5.73 Å². The largest absolute Gasteiger partial charge is 0.369 e. The summed E-state index contributed by atoms with van der Waals surface area (Å²) in [4.78, 5) is 13.8. The van der Waals surface area contributed by atoms with Gasteiger partial charge in [-0.15, -0.1) is 15.3 Å². The highest BCUT2D eigenvalue weighted by molar-refractivity contribution is 5.81. The SMILES string of the molecule is CC(C)Cn1c(-c2cn(C)nn2)nnc1N1CCC(C)(C(N)=O)C1. The molecule has 1 saturated heterocycles. The Morgan fingerprint density at radius 3 is 2.67 bits per heavy atom. The van der Waals surface area contributed by atoms with Crippen molar-refractivity contribution in [3.8, 4) is 11.5 Å². The van der Waals surface area contributed by atoms with Crippen LogP contribution in [-0.2, 0) is 18.4 Å². The van der Waals surface area contributed by atoms with Gasteiger partial charge in [0.25, 0.3) is 0 Å². The van der Waals surface area contributed by atoms with E-state index in [-0.39, 0.29) is 5.91 Å². The molecule has 3 rings (SSSR count). The molecule has 1 atom stereocenters. The first-order valence-corrected chi connectivity index (χ1v) is 8.15. The van der Waals surface area contributed by atoms with Crippen molar-refractivity contribution in [2.45, 2.75) is 33.7 Å². The fourth-order valence-corrected chi connectivity index (χ4v) is 3.03. The van der Waals surface area contributed by atoms with Crippen LogP contribution < -0.4 is 10.6 Å². The standard InChI is InChI=1S/C15H24N8O/c1-10(2)7-23-12(11-8-21(4)20-17-11)18-19-14(23)22-6-5-15(3,9-22)13(16)24/h8,10H,5-7,9H2,1-4H3,(H2,16,24). The van der Waals surface area contributed by atoms with Gasteiger partial charge < -0.3 is 10.6 Å². The third-order valence-electron chi connectivity index (χ3n) is 4.46. The molecule has 24 heavy (non-hydrogen) atoms. The van der Waals surface area contributed by atoms with E-state index < -0.39 is 5.41 Å². The lowest BCUT2D eigenvalue weighted by atomic mass is 9.89. The number of nitrogens with two attached hydrogens (primary N) is 1. The van der Waals surface area contributed by atoms with Gasteiger partial charge in [-0.25, -0.2) is 0 Å². The minimum absolute atomic E-state index is 0.269. The highest BCUT2D eigenvalue weighted by Crippen LogP contribution is 2.33. The number of hydrogen-bond donors (Lipinski definition) is 1. The summed E-state index contributed by atoms with van der Waals surface area (Å²) in [6.45, 7) is 8.23. The van der Waals surface area contributed by atoms with E-state index in [0.717, 1.165) is 25.5 Å². The summed E-state index contributed by atoms with van der Waals surface area (Å²) in [5, 5.41) is 16.8. The van der Waals surface area contributed by atoms with Crippen LogP contribution in [0.15, 0.2) is 6.20 Å². The number of hydrogen-bond acceptors (Lipinski definition) is 6. The van der Waals surface area contributed by atoms with Crippen molar-refractivity contribution in [3.05, 3.63) is 6.20 Å². The van der Waals surface area contributed by atoms with E-state index in [1.165, 1.54) is 0 Å². The second-order valence-electron chi connectivity index (χ2n) is 7.20. The Hall–Kier alpha value is -2.45. The first kappa shape index (κ1) is 16.4. The van der Waals surface area contributed by atoms with Crippen molar-refractivity contribution in [1.82, 2.24) is 29.8 Å². The molecule has 2 aromatic rings. The smallest absolute Gasteiger partial charge is 0.227 e. The molecule has 1 amide bonds. The predicted molar refractivity (Wildman–Crippen MR) is 89.0 cm³/mol. The second kappa shape index (κ2) is 5.88. The summed E-state index contributed by atoms with van der Waals surface area (Å²) in [6.07, 6.45) is 2.54. The molecule has 3 heterocycles. The van der Waals surface area contributed by atoms with Gasteiger partial charge in [-0.2, -0.15) is 0 Å². The van der Waals surface area contributed by atoms with Gasteiger partial charge in [0.1, 0.15) is 0 Å². The molecule has 9 heteroatoms. The van der Waals surface area contributed by atoms with Crippen molar-refractivity contribution < 1.29 is 4.79 Å². The first-order valence-electron chi connectivity index (χ1n) is 8.15. The van der Waals surface area contributed by atoms with E-state index in [9.17, 15) is 4.79 Å². The molecule has 0 radical (unpaired) electrons. The Morgan fingerprint density at radius 2 is 2.12 bits per heavy atom. The average Bonchev–Trinajstić information content (AvgIpc) is 3.18. The van der Waals surface area contributed by atoms with Gasteiger partial charge in [0.05, 0.1) is 11.6 Å². The van der Waals surface area contributed by atoms with Gasteiger partial charge in [-0.3, -0.25) is 14.0 Å². The fourth-order valence-electron chi connectivity index (χ4n) is 3.03. The van der Waals surface area contributed by atoms with Crippen molar-refractivity contribution in [2.75, 3.05) is 18.0 Å². The number of amides is 1. The van der Waals surface area contributed by atoms with Crippen LogP contribution in [0.5, 0.6) is 0 Å². The Kier molecular flexibility index (Phi) is 4.02. The first-order chi connectivity index (χ1) is 11.3. The van der Waals surface area contributed by atoms with Gasteiger partial charge in [0, 0.05) is 26.7 Å². The monoisotopic (exact) mass is 332 g/mol. The lowest BCUT2D eigenvalue weighted by Gasteiger charge is -2.22. The third kappa shape index (κ3) is 2.85. The zero-order chi connectivity index (χ0) is 17.5. The highest BCUT2D eigenvalue weighted by Gasteiger charge is 2.40. The van der Waals surface area contributed by atoms with Crippen LogP contribution in [0, 0.1) is 11.3 Å². The Morgan fingerprint density at radius 1 is 1.38 bits per heavy atom. The second-order valence-corrected chi connectivity index (χ2v) is 7.20. The molecule has 9 nitrogen and oxygen atoms in total. The molecule has 0 aromatic carbocycles. The minimum Gasteiger partial charge on any atom is -0.369 e. The van der Waals surface area contributed by atoms with Gasteiger partial charge in [0.2, 0.25) is 11.9 Å². The van der Waals surface area contributed by atoms with Crippen molar-refractivity contribution >= 4 is 11.9 Å². The fraction of sp³-hybridized carbons (Fsp3) is 0.667. The van der Waals surface area contributed by atoms with Crippen LogP contribution in [0.1, 0.15) is 27.2 Å². The van der Waals surface area contributed by atoms with E-state index >= 15 is 0 Å². The lowest BCUT2D eigenvalue weighted by molar-refractivity contribution is -0.125. The van der Waals surface area contributed by atoms with Gasteiger partial charge in [0.15, 0.2) is 11.5 Å². The maximum atomic E-state index is 11.7. The summed E-state index contributed by atoms with van der Waals surface area (Å²) < 4.78 is 3.70. The van der Waals surface area contributed by atoms with Crippen molar-refractivity contribution in [3.63, 3.8) is 0 Å². The van der Waals surface area contributed by atoms with Gasteiger partial charge in [-0.05, 0) is 19.3 Å². The molecule has 2 N–H and O–H groups in total. The number of nitrogens with zero attached hydrogens (tertiary/aromatic N) is 7.